The molecule has 0 bridgehead atoms. The normalized spacial score (nSPS) is 11.6. The van der Waals surface area contributed by atoms with Gasteiger partial charge in [-0.05, 0) is 12.5 Å². The Bertz CT molecular complexity index is 621. The van der Waals surface area contributed by atoms with Gasteiger partial charge in [0, 0.05) is 12.5 Å². The van der Waals surface area contributed by atoms with Crippen LogP contribution in [0.25, 0.3) is 14.4 Å². The van der Waals surface area contributed by atoms with Gasteiger partial charge in [-0.15, -0.1) is 4.40 Å². The standard InChI is InChI=1S/C13H14NS2/c1-2-3-6-10-9-15-13-14(10)11-7-4-5-8-12(11)16-13/h4-5,7-9H,2-3,6H2,1H3/q+1. The molecule has 0 radical (unpaired) electrons. The quantitative estimate of drug-likeness (QED) is 0.616. The monoisotopic (exact) mass is 248 g/mol. The lowest BCUT2D eigenvalue weighted by Crippen LogP contribution is -2.21. The summed E-state index contributed by atoms with van der Waals surface area (Å²) in [5, 5.41) is 2.31. The molecule has 0 aliphatic rings. The Balaban J connectivity index is 2.22. The average molecular weight is 248 g/mol. The van der Waals surface area contributed by atoms with E-state index in [9.17, 15) is 0 Å². The molecule has 2 aromatic heterocycles. The van der Waals surface area contributed by atoms with Crippen molar-refractivity contribution < 1.29 is 4.40 Å². The number of aromatic nitrogens is 1. The number of fused-ring (bicyclic) bond motifs is 3. The summed E-state index contributed by atoms with van der Waals surface area (Å²) in [5.41, 5.74) is 2.84. The van der Waals surface area contributed by atoms with Crippen molar-refractivity contribution in [3.05, 3.63) is 35.3 Å². The van der Waals surface area contributed by atoms with Crippen molar-refractivity contribution in [2.24, 2.45) is 0 Å². The summed E-state index contributed by atoms with van der Waals surface area (Å²) < 4.78 is 5.24. The van der Waals surface area contributed by atoms with Gasteiger partial charge in [-0.2, -0.15) is 0 Å². The lowest BCUT2D eigenvalue weighted by Gasteiger charge is -1.90. The minimum Gasteiger partial charge on any atom is -0.137 e. The zero-order valence-corrected chi connectivity index (χ0v) is 10.9. The fraction of sp³-hybridized carbons (Fsp3) is 0.308. The van der Waals surface area contributed by atoms with E-state index in [0.29, 0.717) is 0 Å². The Labute approximate surface area is 103 Å². The van der Waals surface area contributed by atoms with Crippen LogP contribution in [0.2, 0.25) is 0 Å². The van der Waals surface area contributed by atoms with Crippen LogP contribution in [0.1, 0.15) is 25.5 Å². The van der Waals surface area contributed by atoms with E-state index in [-0.39, 0.29) is 0 Å². The Morgan fingerprint density at radius 2 is 2.12 bits per heavy atom. The molecule has 0 saturated heterocycles. The molecule has 82 valence electrons. The smallest absolute Gasteiger partial charge is 0.137 e. The molecule has 0 fully saturated rings. The predicted molar refractivity (Wildman–Crippen MR) is 71.5 cm³/mol. The Kier molecular flexibility index (Phi) is 2.65. The minimum absolute atomic E-state index is 1.20. The predicted octanol–water partition coefficient (Wildman–Crippen LogP) is 4.04. The van der Waals surface area contributed by atoms with Gasteiger partial charge in [-0.3, -0.25) is 0 Å². The largest absolute Gasteiger partial charge is 0.326 e. The summed E-state index contributed by atoms with van der Waals surface area (Å²) in [6.45, 7) is 2.25. The number of unbranched alkanes of at least 4 members (excludes halogenated alkanes) is 1. The molecule has 3 heteroatoms. The van der Waals surface area contributed by atoms with E-state index in [1.807, 2.05) is 22.7 Å². The van der Waals surface area contributed by atoms with E-state index < -0.39 is 0 Å². The fourth-order valence-electron chi connectivity index (χ4n) is 2.01. The molecule has 3 rings (SSSR count). The average Bonchev–Trinajstić information content (AvgIpc) is 2.85. The van der Waals surface area contributed by atoms with Crippen LogP contribution in [-0.2, 0) is 6.42 Å². The fourth-order valence-corrected chi connectivity index (χ4v) is 4.31. The number of aryl methyl sites for hydroxylation is 1. The first kappa shape index (κ1) is 10.2. The maximum atomic E-state index is 2.43. The highest BCUT2D eigenvalue weighted by atomic mass is 32.2. The first-order valence-electron chi connectivity index (χ1n) is 5.70. The lowest BCUT2D eigenvalue weighted by molar-refractivity contribution is -0.483. The third-order valence-electron chi connectivity index (χ3n) is 2.86. The van der Waals surface area contributed by atoms with Gasteiger partial charge in [0.15, 0.2) is 5.69 Å². The molecule has 0 aliphatic carbocycles. The highest BCUT2D eigenvalue weighted by molar-refractivity contribution is 7.37. The second-order valence-corrected chi connectivity index (χ2v) is 6.15. The van der Waals surface area contributed by atoms with Crippen molar-refractivity contribution in [3.63, 3.8) is 0 Å². The van der Waals surface area contributed by atoms with Crippen LogP contribution in [0.4, 0.5) is 0 Å². The Morgan fingerprint density at radius 1 is 1.25 bits per heavy atom. The number of rotatable bonds is 3. The van der Waals surface area contributed by atoms with Crippen molar-refractivity contribution in [1.82, 2.24) is 0 Å². The van der Waals surface area contributed by atoms with E-state index in [2.05, 4.69) is 41.0 Å². The number of hydrogen-bond donors (Lipinski definition) is 0. The van der Waals surface area contributed by atoms with Crippen molar-refractivity contribution in [2.75, 3.05) is 0 Å². The van der Waals surface area contributed by atoms with Crippen molar-refractivity contribution in [3.8, 4) is 0 Å². The van der Waals surface area contributed by atoms with Crippen LogP contribution in [0, 0.1) is 0 Å². The van der Waals surface area contributed by atoms with Crippen LogP contribution in [0.5, 0.6) is 0 Å². The maximum Gasteiger partial charge on any atom is 0.326 e. The maximum absolute atomic E-state index is 2.43. The summed E-state index contributed by atoms with van der Waals surface area (Å²) in [6, 6.07) is 8.68. The molecule has 0 saturated carbocycles. The van der Waals surface area contributed by atoms with E-state index in [4.69, 9.17) is 0 Å². The third-order valence-corrected chi connectivity index (χ3v) is 5.09. The van der Waals surface area contributed by atoms with E-state index in [0.717, 1.165) is 0 Å². The molecule has 3 aromatic rings. The second kappa shape index (κ2) is 4.15. The van der Waals surface area contributed by atoms with Crippen molar-refractivity contribution in [2.45, 2.75) is 26.2 Å². The van der Waals surface area contributed by atoms with Crippen LogP contribution in [-0.4, -0.2) is 0 Å². The molecule has 0 amide bonds. The zero-order valence-electron chi connectivity index (χ0n) is 9.27. The molecule has 1 nitrogen and oxygen atoms in total. The van der Waals surface area contributed by atoms with Gasteiger partial charge in [-0.25, -0.2) is 0 Å². The molecular formula is C13H14NS2+. The minimum atomic E-state index is 1.20. The molecule has 0 N–H and O–H groups in total. The van der Waals surface area contributed by atoms with Gasteiger partial charge in [-0.1, -0.05) is 48.2 Å². The molecule has 16 heavy (non-hydrogen) atoms. The summed E-state index contributed by atoms with van der Waals surface area (Å²) >= 11 is 3.77. The molecule has 2 heterocycles. The molecule has 0 aliphatic heterocycles. The SMILES string of the molecule is CCCCc1csc2sc3ccccc3[n+]12. The van der Waals surface area contributed by atoms with Crippen LogP contribution in [0.3, 0.4) is 0 Å². The first-order chi connectivity index (χ1) is 7.90. The Morgan fingerprint density at radius 3 is 3.00 bits per heavy atom. The summed E-state index contributed by atoms with van der Waals surface area (Å²) in [6.07, 6.45) is 3.74. The number of nitrogens with zero attached hydrogens (tertiary/aromatic N) is 1. The van der Waals surface area contributed by atoms with Gasteiger partial charge in [0.2, 0.25) is 5.52 Å². The van der Waals surface area contributed by atoms with Gasteiger partial charge < -0.3 is 0 Å². The molecule has 0 unspecified atom stereocenters. The van der Waals surface area contributed by atoms with Crippen LogP contribution in [0.15, 0.2) is 29.6 Å². The topological polar surface area (TPSA) is 4.10 Å². The van der Waals surface area contributed by atoms with Crippen molar-refractivity contribution >= 4 is 37.0 Å². The summed E-state index contributed by atoms with van der Waals surface area (Å²) in [5.74, 6) is 0. The highest BCUT2D eigenvalue weighted by Gasteiger charge is 2.19. The van der Waals surface area contributed by atoms with E-state index >= 15 is 0 Å². The van der Waals surface area contributed by atoms with E-state index in [1.54, 1.807) is 0 Å². The van der Waals surface area contributed by atoms with Gasteiger partial charge >= 0.3 is 4.14 Å². The number of hydrogen-bond acceptors (Lipinski definition) is 2. The van der Waals surface area contributed by atoms with E-state index in [1.165, 1.54) is 39.3 Å². The Hall–Kier alpha value is -0.930. The number of benzene rings is 1. The van der Waals surface area contributed by atoms with Gasteiger partial charge in [0.05, 0.1) is 5.38 Å². The lowest BCUT2D eigenvalue weighted by atomic mass is 10.2. The summed E-state index contributed by atoms with van der Waals surface area (Å²) in [7, 11) is 0. The first-order valence-corrected chi connectivity index (χ1v) is 7.39. The number of para-hydroxylation sites is 1. The zero-order chi connectivity index (χ0) is 11.0. The highest BCUT2D eigenvalue weighted by Crippen LogP contribution is 2.26. The molecular weight excluding hydrogens is 234 g/mol. The number of thiazole rings is 2. The van der Waals surface area contributed by atoms with Gasteiger partial charge in [0.1, 0.15) is 4.70 Å². The second-order valence-electron chi connectivity index (χ2n) is 4.00. The van der Waals surface area contributed by atoms with Gasteiger partial charge in [0.25, 0.3) is 0 Å². The molecule has 0 spiro atoms. The van der Waals surface area contributed by atoms with Crippen molar-refractivity contribution in [1.29, 1.82) is 0 Å². The third kappa shape index (κ3) is 1.55. The summed E-state index contributed by atoms with van der Waals surface area (Å²) in [4.78, 5) is 0. The molecule has 1 aromatic carbocycles. The van der Waals surface area contributed by atoms with Crippen LogP contribution < -0.4 is 4.40 Å². The van der Waals surface area contributed by atoms with Crippen LogP contribution >= 0.6 is 22.7 Å². The molecule has 0 atom stereocenters.